The normalized spacial score (nSPS) is 10.2. The minimum Gasteiger partial charge on any atom is -0.377 e. The molecule has 1 rings (SSSR count). The summed E-state index contributed by atoms with van der Waals surface area (Å²) >= 11 is 0. The van der Waals surface area contributed by atoms with Gasteiger partial charge >= 0.3 is 0 Å². The lowest BCUT2D eigenvalue weighted by molar-refractivity contribution is -0.119. The number of nitrogen functional groups attached to an aromatic ring is 1. The third-order valence-electron chi connectivity index (χ3n) is 2.59. The van der Waals surface area contributed by atoms with E-state index < -0.39 is 0 Å². The summed E-state index contributed by atoms with van der Waals surface area (Å²) in [7, 11) is 1.57. The number of nitrogens with one attached hydrogen (secondary N) is 2. The number of aromatic nitrogens is 2. The number of nitrogens with two attached hydrogens (primary N) is 1. The molecule has 0 saturated carbocycles. The lowest BCUT2D eigenvalue weighted by Crippen LogP contribution is -2.37. The molecule has 8 nitrogen and oxygen atoms in total. The fourth-order valence-corrected chi connectivity index (χ4v) is 1.69. The maximum Gasteiger partial charge on any atom is 0.239 e. The molecule has 4 N–H and O–H groups in total. The molecule has 0 aliphatic carbocycles. The highest BCUT2D eigenvalue weighted by Crippen LogP contribution is 2.15. The summed E-state index contributed by atoms with van der Waals surface area (Å²) in [6.45, 7) is 5.59. The van der Waals surface area contributed by atoms with E-state index in [4.69, 9.17) is 10.6 Å². The topological polar surface area (TPSA) is 105 Å². The Bertz CT molecular complexity index is 440. The molecule has 0 atom stereocenters. The molecular formula is C12H22N6O2. The highest BCUT2D eigenvalue weighted by molar-refractivity contribution is 5.81. The molecule has 0 unspecified atom stereocenters. The summed E-state index contributed by atoms with van der Waals surface area (Å²) in [6.07, 6.45) is 0. The standard InChI is InChI=1S/C12H22N6O2/c1-4-14-12(19)7-18(5-2)11-6-9(17-13)15-10(16-11)8-20-3/h6H,4-5,7-8,13H2,1-3H3,(H,14,19)(H,15,16,17). The fraction of sp³-hybridized carbons (Fsp3) is 0.583. The van der Waals surface area contributed by atoms with Gasteiger partial charge in [0.25, 0.3) is 0 Å². The molecule has 1 aromatic heterocycles. The van der Waals surface area contributed by atoms with Gasteiger partial charge < -0.3 is 20.4 Å². The summed E-state index contributed by atoms with van der Waals surface area (Å²) in [5, 5.41) is 2.76. The van der Waals surface area contributed by atoms with Crippen LogP contribution in [-0.2, 0) is 16.1 Å². The first kappa shape index (κ1) is 16.1. The Labute approximate surface area is 118 Å². The number of anilines is 2. The number of hydrogen-bond acceptors (Lipinski definition) is 7. The van der Waals surface area contributed by atoms with Crippen molar-refractivity contribution in [2.24, 2.45) is 5.84 Å². The number of hydrazine groups is 1. The second-order valence-electron chi connectivity index (χ2n) is 4.07. The zero-order valence-electron chi connectivity index (χ0n) is 12.1. The van der Waals surface area contributed by atoms with Crippen LogP contribution in [0.4, 0.5) is 11.6 Å². The van der Waals surface area contributed by atoms with Crippen molar-refractivity contribution < 1.29 is 9.53 Å². The minimum absolute atomic E-state index is 0.0523. The summed E-state index contributed by atoms with van der Waals surface area (Å²) in [5.41, 5.74) is 2.49. The van der Waals surface area contributed by atoms with Gasteiger partial charge in [-0.3, -0.25) is 4.79 Å². The zero-order valence-corrected chi connectivity index (χ0v) is 12.1. The predicted octanol–water partition coefficient (Wildman–Crippen LogP) is -0.129. The van der Waals surface area contributed by atoms with Crippen molar-refractivity contribution >= 4 is 17.5 Å². The first-order valence-corrected chi connectivity index (χ1v) is 6.49. The Hall–Kier alpha value is -1.93. The van der Waals surface area contributed by atoms with Crippen molar-refractivity contribution in [3.05, 3.63) is 11.9 Å². The molecule has 0 bridgehead atoms. The van der Waals surface area contributed by atoms with Crippen LogP contribution in [0.15, 0.2) is 6.07 Å². The zero-order chi connectivity index (χ0) is 15.0. The van der Waals surface area contributed by atoms with Gasteiger partial charge in [-0.2, -0.15) is 0 Å². The van der Waals surface area contributed by atoms with Crippen LogP contribution in [-0.4, -0.2) is 42.6 Å². The van der Waals surface area contributed by atoms with Crippen molar-refractivity contribution in [3.63, 3.8) is 0 Å². The van der Waals surface area contributed by atoms with Crippen molar-refractivity contribution in [3.8, 4) is 0 Å². The van der Waals surface area contributed by atoms with E-state index in [1.807, 2.05) is 18.7 Å². The summed E-state index contributed by atoms with van der Waals surface area (Å²) in [6, 6.07) is 1.70. The average Bonchev–Trinajstić information content (AvgIpc) is 2.45. The number of likely N-dealkylation sites (N-methyl/N-ethyl adjacent to an activating group) is 2. The highest BCUT2D eigenvalue weighted by Gasteiger charge is 2.13. The van der Waals surface area contributed by atoms with E-state index in [1.165, 1.54) is 0 Å². The summed E-state index contributed by atoms with van der Waals surface area (Å²) in [4.78, 5) is 22.1. The SMILES string of the molecule is CCNC(=O)CN(CC)c1cc(NN)nc(COC)n1. The van der Waals surface area contributed by atoms with Gasteiger partial charge in [-0.1, -0.05) is 0 Å². The summed E-state index contributed by atoms with van der Waals surface area (Å²) in [5.74, 6) is 6.97. The molecule has 112 valence electrons. The Kier molecular flexibility index (Phi) is 6.68. The molecule has 8 heteroatoms. The predicted molar refractivity (Wildman–Crippen MR) is 77.1 cm³/mol. The molecule has 0 saturated heterocycles. The Morgan fingerprint density at radius 1 is 1.45 bits per heavy atom. The second-order valence-corrected chi connectivity index (χ2v) is 4.07. The first-order chi connectivity index (χ1) is 9.64. The number of methoxy groups -OCH3 is 1. The van der Waals surface area contributed by atoms with E-state index in [0.29, 0.717) is 30.5 Å². The van der Waals surface area contributed by atoms with Crippen LogP contribution in [0, 0.1) is 0 Å². The number of carbonyl (C=O) groups is 1. The van der Waals surface area contributed by atoms with Crippen LogP contribution < -0.4 is 21.5 Å². The molecule has 1 aromatic rings. The lowest BCUT2D eigenvalue weighted by Gasteiger charge is -2.22. The molecule has 1 heterocycles. The lowest BCUT2D eigenvalue weighted by atomic mass is 10.4. The number of hydrogen-bond donors (Lipinski definition) is 3. The molecule has 0 aliphatic heterocycles. The number of carbonyl (C=O) groups excluding carboxylic acids is 1. The Morgan fingerprint density at radius 2 is 2.20 bits per heavy atom. The van der Waals surface area contributed by atoms with Gasteiger partial charge in [-0.05, 0) is 13.8 Å². The maximum atomic E-state index is 11.7. The van der Waals surface area contributed by atoms with Crippen LogP contribution in [0.3, 0.4) is 0 Å². The smallest absolute Gasteiger partial charge is 0.239 e. The molecule has 20 heavy (non-hydrogen) atoms. The van der Waals surface area contributed by atoms with Crippen LogP contribution in [0.5, 0.6) is 0 Å². The maximum absolute atomic E-state index is 11.7. The number of amides is 1. The molecule has 0 radical (unpaired) electrons. The van der Waals surface area contributed by atoms with E-state index in [0.717, 1.165) is 0 Å². The Balaban J connectivity index is 2.95. The largest absolute Gasteiger partial charge is 0.377 e. The van der Waals surface area contributed by atoms with Crippen LogP contribution >= 0.6 is 0 Å². The fourth-order valence-electron chi connectivity index (χ4n) is 1.69. The van der Waals surface area contributed by atoms with E-state index >= 15 is 0 Å². The van der Waals surface area contributed by atoms with Gasteiger partial charge in [0.2, 0.25) is 5.91 Å². The van der Waals surface area contributed by atoms with Crippen LogP contribution in [0.1, 0.15) is 19.7 Å². The van der Waals surface area contributed by atoms with E-state index in [-0.39, 0.29) is 19.1 Å². The van der Waals surface area contributed by atoms with Gasteiger partial charge in [0.05, 0.1) is 6.54 Å². The summed E-state index contributed by atoms with van der Waals surface area (Å²) < 4.78 is 5.02. The van der Waals surface area contributed by atoms with Crippen molar-refractivity contribution in [1.29, 1.82) is 0 Å². The van der Waals surface area contributed by atoms with Crippen molar-refractivity contribution in [2.75, 3.05) is 37.1 Å². The third kappa shape index (κ3) is 4.63. The highest BCUT2D eigenvalue weighted by atomic mass is 16.5. The van der Waals surface area contributed by atoms with Crippen LogP contribution in [0.2, 0.25) is 0 Å². The molecule has 1 amide bonds. The van der Waals surface area contributed by atoms with Gasteiger partial charge in [0, 0.05) is 26.3 Å². The van der Waals surface area contributed by atoms with Gasteiger partial charge in [0.15, 0.2) is 5.82 Å². The monoisotopic (exact) mass is 282 g/mol. The Morgan fingerprint density at radius 3 is 2.75 bits per heavy atom. The van der Waals surface area contributed by atoms with E-state index in [2.05, 4.69) is 20.7 Å². The van der Waals surface area contributed by atoms with Gasteiger partial charge in [0.1, 0.15) is 18.2 Å². The molecule has 0 aromatic carbocycles. The van der Waals surface area contributed by atoms with E-state index in [1.54, 1.807) is 13.2 Å². The van der Waals surface area contributed by atoms with Crippen molar-refractivity contribution in [2.45, 2.75) is 20.5 Å². The number of ether oxygens (including phenoxy) is 1. The van der Waals surface area contributed by atoms with Gasteiger partial charge in [-0.25, -0.2) is 15.8 Å². The van der Waals surface area contributed by atoms with Crippen molar-refractivity contribution in [1.82, 2.24) is 15.3 Å². The van der Waals surface area contributed by atoms with Crippen LogP contribution in [0.25, 0.3) is 0 Å². The molecular weight excluding hydrogens is 260 g/mol. The minimum atomic E-state index is -0.0523. The van der Waals surface area contributed by atoms with E-state index in [9.17, 15) is 4.79 Å². The first-order valence-electron chi connectivity index (χ1n) is 6.49. The quantitative estimate of drug-likeness (QED) is 0.450. The average molecular weight is 282 g/mol. The molecule has 0 fully saturated rings. The second kappa shape index (κ2) is 8.28. The third-order valence-corrected chi connectivity index (χ3v) is 2.59. The molecule has 0 spiro atoms. The molecule has 0 aliphatic rings. The van der Waals surface area contributed by atoms with Gasteiger partial charge in [-0.15, -0.1) is 0 Å². The number of nitrogens with zero attached hydrogens (tertiary/aromatic N) is 3. The number of rotatable bonds is 8.